The van der Waals surface area contributed by atoms with Gasteiger partial charge in [-0.15, -0.1) is 0 Å². The van der Waals surface area contributed by atoms with E-state index in [2.05, 4.69) is 10.6 Å². The standard InChI is InChI=1S/C8H19N3O/c1-10-6-2-4-8(12)11-7-3-5-9/h10H,2-7,9H2,1H3,(H,11,12). The average molecular weight is 173 g/mol. The van der Waals surface area contributed by atoms with Crippen molar-refractivity contribution in [1.29, 1.82) is 0 Å². The molecule has 4 N–H and O–H groups in total. The number of carbonyl (C=O) groups is 1. The normalized spacial score (nSPS) is 9.83. The minimum atomic E-state index is 0.124. The van der Waals surface area contributed by atoms with Crippen LogP contribution in [-0.2, 0) is 4.79 Å². The molecular weight excluding hydrogens is 154 g/mol. The van der Waals surface area contributed by atoms with Crippen LogP contribution in [0.1, 0.15) is 19.3 Å². The summed E-state index contributed by atoms with van der Waals surface area (Å²) < 4.78 is 0. The molecule has 1 amide bonds. The van der Waals surface area contributed by atoms with E-state index in [4.69, 9.17) is 5.73 Å². The summed E-state index contributed by atoms with van der Waals surface area (Å²) in [6, 6.07) is 0. The number of hydrogen-bond donors (Lipinski definition) is 3. The molecule has 0 aliphatic carbocycles. The van der Waals surface area contributed by atoms with Crippen LogP contribution in [0.4, 0.5) is 0 Å². The summed E-state index contributed by atoms with van der Waals surface area (Å²) in [5.74, 6) is 0.124. The molecule has 4 nitrogen and oxygen atoms in total. The lowest BCUT2D eigenvalue weighted by Gasteiger charge is -2.03. The van der Waals surface area contributed by atoms with Gasteiger partial charge < -0.3 is 16.4 Å². The molecule has 72 valence electrons. The fourth-order valence-electron chi connectivity index (χ4n) is 0.844. The molecule has 0 spiro atoms. The Bertz CT molecular complexity index is 105. The van der Waals surface area contributed by atoms with Gasteiger partial charge in [0.2, 0.25) is 5.91 Å². The zero-order valence-corrected chi connectivity index (χ0v) is 7.73. The Morgan fingerprint density at radius 2 is 2.08 bits per heavy atom. The summed E-state index contributed by atoms with van der Waals surface area (Å²) >= 11 is 0. The Hall–Kier alpha value is -0.610. The molecule has 4 heteroatoms. The molecule has 0 aromatic heterocycles. The van der Waals surface area contributed by atoms with E-state index in [0.717, 1.165) is 19.4 Å². The monoisotopic (exact) mass is 173 g/mol. The first-order chi connectivity index (χ1) is 5.81. The predicted octanol–water partition coefficient (Wildman–Crippen LogP) is -0.549. The van der Waals surface area contributed by atoms with Crippen molar-refractivity contribution in [3.8, 4) is 0 Å². The third-order valence-corrected chi connectivity index (χ3v) is 1.53. The van der Waals surface area contributed by atoms with Gasteiger partial charge in [0.05, 0.1) is 0 Å². The van der Waals surface area contributed by atoms with Crippen molar-refractivity contribution in [3.05, 3.63) is 0 Å². The molecule has 0 unspecified atom stereocenters. The van der Waals surface area contributed by atoms with Gasteiger partial charge in [0.1, 0.15) is 0 Å². The van der Waals surface area contributed by atoms with Gasteiger partial charge in [-0.1, -0.05) is 0 Å². The minimum Gasteiger partial charge on any atom is -0.356 e. The maximum absolute atomic E-state index is 11.0. The first-order valence-electron chi connectivity index (χ1n) is 4.42. The number of nitrogens with one attached hydrogen (secondary N) is 2. The smallest absolute Gasteiger partial charge is 0.220 e. The second-order valence-corrected chi connectivity index (χ2v) is 2.70. The van der Waals surface area contributed by atoms with E-state index in [1.165, 1.54) is 0 Å². The molecule has 0 saturated carbocycles. The Balaban J connectivity index is 3.10. The van der Waals surface area contributed by atoms with E-state index >= 15 is 0 Å². The summed E-state index contributed by atoms with van der Waals surface area (Å²) in [7, 11) is 1.88. The maximum atomic E-state index is 11.0. The van der Waals surface area contributed by atoms with Crippen molar-refractivity contribution in [2.24, 2.45) is 5.73 Å². The van der Waals surface area contributed by atoms with E-state index in [9.17, 15) is 4.79 Å². The van der Waals surface area contributed by atoms with Crippen LogP contribution < -0.4 is 16.4 Å². The molecule has 12 heavy (non-hydrogen) atoms. The highest BCUT2D eigenvalue weighted by atomic mass is 16.1. The lowest BCUT2D eigenvalue weighted by Crippen LogP contribution is -2.26. The zero-order valence-electron chi connectivity index (χ0n) is 7.73. The Kier molecular flexibility index (Phi) is 8.05. The SMILES string of the molecule is CNCCCC(=O)NCCCN. The summed E-state index contributed by atoms with van der Waals surface area (Å²) in [4.78, 5) is 11.0. The molecule has 0 atom stereocenters. The number of amides is 1. The average Bonchev–Trinajstić information content (AvgIpc) is 2.06. The molecule has 0 heterocycles. The van der Waals surface area contributed by atoms with E-state index in [-0.39, 0.29) is 5.91 Å². The summed E-state index contributed by atoms with van der Waals surface area (Å²) in [5, 5.41) is 5.79. The van der Waals surface area contributed by atoms with Gasteiger partial charge in [-0.3, -0.25) is 4.79 Å². The van der Waals surface area contributed by atoms with Gasteiger partial charge in [0.25, 0.3) is 0 Å². The van der Waals surface area contributed by atoms with E-state index in [1.54, 1.807) is 0 Å². The molecule has 0 fully saturated rings. The lowest BCUT2D eigenvalue weighted by atomic mass is 10.3. The Morgan fingerprint density at radius 3 is 2.67 bits per heavy atom. The largest absolute Gasteiger partial charge is 0.356 e. The highest BCUT2D eigenvalue weighted by molar-refractivity contribution is 5.75. The van der Waals surface area contributed by atoms with Gasteiger partial charge in [-0.05, 0) is 33.0 Å². The molecule has 0 aliphatic rings. The third-order valence-electron chi connectivity index (χ3n) is 1.53. The van der Waals surface area contributed by atoms with Crippen molar-refractivity contribution in [2.45, 2.75) is 19.3 Å². The van der Waals surface area contributed by atoms with Crippen LogP contribution in [0.3, 0.4) is 0 Å². The van der Waals surface area contributed by atoms with Crippen molar-refractivity contribution in [3.63, 3.8) is 0 Å². The third kappa shape index (κ3) is 7.50. The highest BCUT2D eigenvalue weighted by Gasteiger charge is 1.97. The quantitative estimate of drug-likeness (QED) is 0.453. The molecule has 0 aromatic rings. The fraction of sp³-hybridized carbons (Fsp3) is 0.875. The van der Waals surface area contributed by atoms with Crippen LogP contribution in [0.5, 0.6) is 0 Å². The van der Waals surface area contributed by atoms with Crippen molar-refractivity contribution in [1.82, 2.24) is 10.6 Å². The van der Waals surface area contributed by atoms with Crippen LogP contribution in [0.2, 0.25) is 0 Å². The number of nitrogens with two attached hydrogens (primary N) is 1. The molecule has 0 aliphatic heterocycles. The van der Waals surface area contributed by atoms with Gasteiger partial charge in [0, 0.05) is 13.0 Å². The van der Waals surface area contributed by atoms with Gasteiger partial charge >= 0.3 is 0 Å². The van der Waals surface area contributed by atoms with Gasteiger partial charge in [0.15, 0.2) is 0 Å². The van der Waals surface area contributed by atoms with Crippen LogP contribution in [0.15, 0.2) is 0 Å². The first kappa shape index (κ1) is 11.4. The first-order valence-corrected chi connectivity index (χ1v) is 4.42. The molecule has 0 radical (unpaired) electrons. The number of hydrogen-bond acceptors (Lipinski definition) is 3. The molecule has 0 bridgehead atoms. The second-order valence-electron chi connectivity index (χ2n) is 2.70. The minimum absolute atomic E-state index is 0.124. The molecule has 0 rings (SSSR count). The highest BCUT2D eigenvalue weighted by Crippen LogP contribution is 1.86. The molecule has 0 aromatic carbocycles. The number of carbonyl (C=O) groups excluding carboxylic acids is 1. The van der Waals surface area contributed by atoms with E-state index in [1.807, 2.05) is 7.05 Å². The maximum Gasteiger partial charge on any atom is 0.220 e. The molecular formula is C8H19N3O. The Morgan fingerprint density at radius 1 is 1.33 bits per heavy atom. The van der Waals surface area contributed by atoms with Gasteiger partial charge in [-0.25, -0.2) is 0 Å². The van der Waals surface area contributed by atoms with Crippen LogP contribution in [0, 0.1) is 0 Å². The van der Waals surface area contributed by atoms with Crippen LogP contribution in [0.25, 0.3) is 0 Å². The molecule has 0 saturated heterocycles. The van der Waals surface area contributed by atoms with Crippen LogP contribution in [-0.4, -0.2) is 32.6 Å². The number of rotatable bonds is 7. The van der Waals surface area contributed by atoms with Crippen molar-refractivity contribution in [2.75, 3.05) is 26.7 Å². The van der Waals surface area contributed by atoms with Crippen LogP contribution >= 0.6 is 0 Å². The topological polar surface area (TPSA) is 67.2 Å². The summed E-state index contributed by atoms with van der Waals surface area (Å²) in [6.45, 7) is 2.23. The second kappa shape index (κ2) is 8.49. The summed E-state index contributed by atoms with van der Waals surface area (Å²) in [6.07, 6.45) is 2.36. The van der Waals surface area contributed by atoms with E-state index in [0.29, 0.717) is 19.5 Å². The van der Waals surface area contributed by atoms with Crippen molar-refractivity contribution < 1.29 is 4.79 Å². The van der Waals surface area contributed by atoms with Gasteiger partial charge in [-0.2, -0.15) is 0 Å². The van der Waals surface area contributed by atoms with E-state index < -0.39 is 0 Å². The van der Waals surface area contributed by atoms with Crippen molar-refractivity contribution >= 4 is 5.91 Å². The zero-order chi connectivity index (χ0) is 9.23. The fourth-order valence-corrected chi connectivity index (χ4v) is 0.844. The lowest BCUT2D eigenvalue weighted by molar-refractivity contribution is -0.121. The summed E-state index contributed by atoms with van der Waals surface area (Å²) in [5.41, 5.74) is 5.28. The Labute approximate surface area is 73.9 Å². The predicted molar refractivity (Wildman–Crippen MR) is 49.8 cm³/mol.